The average Bonchev–Trinajstić information content (AvgIpc) is 2.66. The van der Waals surface area contributed by atoms with Gasteiger partial charge in [0, 0.05) is 37.7 Å². The molecule has 0 aromatic heterocycles. The number of piperidine rings is 1. The van der Waals surface area contributed by atoms with Crippen molar-refractivity contribution in [3.63, 3.8) is 0 Å². The summed E-state index contributed by atoms with van der Waals surface area (Å²) in [6.07, 6.45) is 1.72. The minimum Gasteiger partial charge on any atom is -0.460 e. The van der Waals surface area contributed by atoms with Crippen LogP contribution in [-0.2, 0) is 20.9 Å². The fourth-order valence-corrected chi connectivity index (χ4v) is 4.25. The SMILES string of the molecule is CC(C)C(=O)N1CCC(C2CN(c3cccc(COC(=O)CC(=N)N)c3F)C2)CC1. The second-order valence-corrected chi connectivity index (χ2v) is 8.60. The Bertz CT molecular complexity index is 800. The maximum absolute atomic E-state index is 14.9. The van der Waals surface area contributed by atoms with Crippen LogP contribution in [0, 0.1) is 29.0 Å². The molecule has 1 aromatic carbocycles. The number of rotatable bonds is 7. The first kappa shape index (κ1) is 22.1. The summed E-state index contributed by atoms with van der Waals surface area (Å²) in [5.41, 5.74) is 6.01. The van der Waals surface area contributed by atoms with Gasteiger partial charge in [-0.2, -0.15) is 0 Å². The molecule has 2 fully saturated rings. The number of anilines is 1. The van der Waals surface area contributed by atoms with Gasteiger partial charge in [-0.3, -0.25) is 15.0 Å². The molecule has 0 unspecified atom stereocenters. The Hall–Kier alpha value is -2.64. The number of carbonyl (C=O) groups is 2. The number of ether oxygens (including phenoxy) is 1. The second-order valence-electron chi connectivity index (χ2n) is 8.60. The topological polar surface area (TPSA) is 99.7 Å². The molecule has 7 nitrogen and oxygen atoms in total. The van der Waals surface area contributed by atoms with Crippen molar-refractivity contribution in [3.8, 4) is 0 Å². The van der Waals surface area contributed by atoms with Crippen LogP contribution in [0.1, 0.15) is 38.7 Å². The predicted octanol–water partition coefficient (Wildman–Crippen LogP) is 2.53. The highest BCUT2D eigenvalue weighted by molar-refractivity contribution is 5.94. The minimum atomic E-state index is -0.640. The zero-order chi connectivity index (χ0) is 21.8. The third-order valence-electron chi connectivity index (χ3n) is 6.04. The maximum atomic E-state index is 14.9. The number of benzene rings is 1. The Labute approximate surface area is 176 Å². The van der Waals surface area contributed by atoms with Gasteiger partial charge in [0.15, 0.2) is 5.82 Å². The van der Waals surface area contributed by atoms with E-state index in [1.807, 2.05) is 23.6 Å². The Morgan fingerprint density at radius 1 is 1.23 bits per heavy atom. The Morgan fingerprint density at radius 3 is 2.50 bits per heavy atom. The van der Waals surface area contributed by atoms with Crippen LogP contribution in [0.2, 0.25) is 0 Å². The summed E-state index contributed by atoms with van der Waals surface area (Å²) in [7, 11) is 0. The fraction of sp³-hybridized carbons (Fsp3) is 0.591. The highest BCUT2D eigenvalue weighted by Gasteiger charge is 2.37. The molecule has 2 aliphatic heterocycles. The van der Waals surface area contributed by atoms with Gasteiger partial charge in [0.2, 0.25) is 5.91 Å². The van der Waals surface area contributed by atoms with Crippen LogP contribution in [0.5, 0.6) is 0 Å². The molecule has 1 aromatic rings. The van der Waals surface area contributed by atoms with Gasteiger partial charge in [0.25, 0.3) is 0 Å². The molecule has 0 spiro atoms. The van der Waals surface area contributed by atoms with Gasteiger partial charge in [0.1, 0.15) is 18.9 Å². The Kier molecular flexibility index (Phi) is 6.95. The van der Waals surface area contributed by atoms with Crippen molar-refractivity contribution in [3.05, 3.63) is 29.6 Å². The summed E-state index contributed by atoms with van der Waals surface area (Å²) in [5.74, 6) is 0.0566. The van der Waals surface area contributed by atoms with E-state index >= 15 is 0 Å². The third-order valence-corrected chi connectivity index (χ3v) is 6.04. The lowest BCUT2D eigenvalue weighted by Crippen LogP contribution is -2.53. The van der Waals surface area contributed by atoms with Crippen LogP contribution in [-0.4, -0.2) is 48.8 Å². The quantitative estimate of drug-likeness (QED) is 0.403. The first-order valence-electron chi connectivity index (χ1n) is 10.6. The monoisotopic (exact) mass is 418 g/mol. The molecular formula is C22H31FN4O3. The van der Waals surface area contributed by atoms with Gasteiger partial charge in [-0.1, -0.05) is 26.0 Å². The van der Waals surface area contributed by atoms with Gasteiger partial charge in [0.05, 0.1) is 5.69 Å². The summed E-state index contributed by atoms with van der Waals surface area (Å²) >= 11 is 0. The zero-order valence-corrected chi connectivity index (χ0v) is 17.7. The Balaban J connectivity index is 1.50. The molecule has 2 heterocycles. The van der Waals surface area contributed by atoms with E-state index < -0.39 is 5.97 Å². The van der Waals surface area contributed by atoms with E-state index in [9.17, 15) is 14.0 Å². The number of nitrogens with two attached hydrogens (primary N) is 1. The smallest absolute Gasteiger partial charge is 0.313 e. The van der Waals surface area contributed by atoms with Gasteiger partial charge in [-0.15, -0.1) is 0 Å². The van der Waals surface area contributed by atoms with Crippen LogP contribution in [0.4, 0.5) is 10.1 Å². The van der Waals surface area contributed by atoms with Gasteiger partial charge < -0.3 is 20.3 Å². The number of nitrogens with one attached hydrogen (secondary N) is 1. The number of carbonyl (C=O) groups excluding carboxylic acids is 2. The van der Waals surface area contributed by atoms with E-state index in [1.54, 1.807) is 18.2 Å². The molecule has 2 saturated heterocycles. The van der Waals surface area contributed by atoms with Crippen LogP contribution < -0.4 is 10.6 Å². The molecule has 0 atom stereocenters. The lowest BCUT2D eigenvalue weighted by Gasteiger charge is -2.47. The number of likely N-dealkylation sites (tertiary alicyclic amines) is 1. The molecule has 0 aliphatic carbocycles. The molecule has 2 aliphatic rings. The molecule has 3 N–H and O–H groups in total. The first-order valence-corrected chi connectivity index (χ1v) is 10.6. The molecule has 30 heavy (non-hydrogen) atoms. The predicted molar refractivity (Wildman–Crippen MR) is 113 cm³/mol. The van der Waals surface area contributed by atoms with Gasteiger partial charge >= 0.3 is 5.97 Å². The summed E-state index contributed by atoms with van der Waals surface area (Å²) in [6.45, 7) is 6.92. The zero-order valence-electron chi connectivity index (χ0n) is 17.7. The van der Waals surface area contributed by atoms with Crippen molar-refractivity contribution >= 4 is 23.4 Å². The van der Waals surface area contributed by atoms with Crippen LogP contribution in [0.15, 0.2) is 18.2 Å². The van der Waals surface area contributed by atoms with E-state index in [0.717, 1.165) is 39.0 Å². The summed E-state index contributed by atoms with van der Waals surface area (Å²) in [5, 5.41) is 7.10. The van der Waals surface area contributed by atoms with E-state index in [4.69, 9.17) is 15.9 Å². The molecule has 164 valence electrons. The van der Waals surface area contributed by atoms with Crippen molar-refractivity contribution in [1.82, 2.24) is 4.90 Å². The largest absolute Gasteiger partial charge is 0.460 e. The van der Waals surface area contributed by atoms with Crippen molar-refractivity contribution in [2.45, 2.75) is 39.7 Å². The summed E-state index contributed by atoms with van der Waals surface area (Å²) in [4.78, 5) is 27.7. The standard InChI is InChI=1S/C22H31FN4O3/c1-14(2)22(29)26-8-6-15(7-9-26)17-11-27(12-17)18-5-3-4-16(21(18)23)13-30-20(28)10-19(24)25/h3-5,14-15,17H,6-13H2,1-2H3,(H3,24,25). The maximum Gasteiger partial charge on any atom is 0.313 e. The number of halogens is 1. The molecule has 3 rings (SSSR count). The summed E-state index contributed by atoms with van der Waals surface area (Å²) < 4.78 is 19.9. The number of esters is 1. The van der Waals surface area contributed by atoms with E-state index in [0.29, 0.717) is 23.1 Å². The van der Waals surface area contributed by atoms with Crippen molar-refractivity contribution in [1.29, 1.82) is 5.41 Å². The van der Waals surface area contributed by atoms with Crippen molar-refractivity contribution in [2.75, 3.05) is 31.1 Å². The van der Waals surface area contributed by atoms with E-state index in [-0.39, 0.29) is 36.5 Å². The fourth-order valence-electron chi connectivity index (χ4n) is 4.25. The molecular weight excluding hydrogens is 387 g/mol. The highest BCUT2D eigenvalue weighted by Crippen LogP contribution is 2.36. The van der Waals surface area contributed by atoms with Crippen LogP contribution in [0.3, 0.4) is 0 Å². The van der Waals surface area contributed by atoms with Gasteiger partial charge in [-0.25, -0.2) is 4.39 Å². The van der Waals surface area contributed by atoms with E-state index in [1.165, 1.54) is 0 Å². The lowest BCUT2D eigenvalue weighted by atomic mass is 9.79. The lowest BCUT2D eigenvalue weighted by molar-refractivity contribution is -0.143. The molecule has 0 saturated carbocycles. The van der Waals surface area contributed by atoms with Crippen molar-refractivity contribution in [2.24, 2.45) is 23.5 Å². The minimum absolute atomic E-state index is 0.0396. The third kappa shape index (κ3) is 5.09. The highest BCUT2D eigenvalue weighted by atomic mass is 19.1. The normalized spacial score (nSPS) is 17.7. The second kappa shape index (κ2) is 9.45. The van der Waals surface area contributed by atoms with Gasteiger partial charge in [-0.05, 0) is 30.7 Å². The number of hydrogen-bond donors (Lipinski definition) is 2. The average molecular weight is 419 g/mol. The van der Waals surface area contributed by atoms with Crippen LogP contribution in [0.25, 0.3) is 0 Å². The van der Waals surface area contributed by atoms with E-state index in [2.05, 4.69) is 0 Å². The summed E-state index contributed by atoms with van der Waals surface area (Å²) in [6, 6.07) is 5.10. The number of amides is 1. The first-order chi connectivity index (χ1) is 14.3. The number of amidine groups is 1. The molecule has 0 radical (unpaired) electrons. The molecule has 1 amide bonds. The molecule has 0 bridgehead atoms. The number of hydrogen-bond acceptors (Lipinski definition) is 5. The van der Waals surface area contributed by atoms with Crippen molar-refractivity contribution < 1.29 is 18.7 Å². The molecule has 8 heteroatoms. The van der Waals surface area contributed by atoms with Crippen LogP contribution >= 0.6 is 0 Å². The Morgan fingerprint density at radius 2 is 1.90 bits per heavy atom. The number of nitrogens with zero attached hydrogens (tertiary/aromatic N) is 2.